The maximum Gasteiger partial charge on any atom is 0.165 e. The maximum absolute atomic E-state index is 11.7. The van der Waals surface area contributed by atoms with E-state index in [0.717, 1.165) is 19.1 Å². The second-order valence-corrected chi connectivity index (χ2v) is 5.17. The fraction of sp³-hybridized carbons (Fsp3) is 0.727. The first-order valence-corrected chi connectivity index (χ1v) is 5.00. The zero-order valence-corrected chi connectivity index (χ0v) is 7.84. The summed E-state index contributed by atoms with van der Waals surface area (Å²) in [6.45, 7) is 2.29. The van der Waals surface area contributed by atoms with Crippen molar-refractivity contribution >= 4 is 5.78 Å². The molecule has 0 aromatic carbocycles. The Labute approximate surface area is 77.6 Å². The van der Waals surface area contributed by atoms with Gasteiger partial charge in [-0.1, -0.05) is 6.92 Å². The van der Waals surface area contributed by atoms with Gasteiger partial charge in [-0.25, -0.2) is 0 Å². The van der Waals surface area contributed by atoms with E-state index in [2.05, 4.69) is 6.92 Å². The van der Waals surface area contributed by atoms with Gasteiger partial charge in [0.25, 0.3) is 0 Å². The molecule has 0 radical (unpaired) electrons. The number of carbonyl (C=O) groups is 1. The average molecular weight is 178 g/mol. The normalized spacial score (nSPS) is 55.3. The largest absolute Gasteiger partial charge is 0.515 e. The molecule has 0 aliphatic heterocycles. The van der Waals surface area contributed by atoms with Gasteiger partial charge in [0.1, 0.15) is 0 Å². The molecule has 70 valence electrons. The molecule has 3 aliphatic carbocycles. The van der Waals surface area contributed by atoms with Crippen LogP contribution in [0.15, 0.2) is 11.8 Å². The van der Waals surface area contributed by atoms with E-state index in [1.807, 2.05) is 0 Å². The molecule has 3 atom stereocenters. The Hall–Kier alpha value is -0.790. The molecule has 3 aliphatic rings. The summed E-state index contributed by atoms with van der Waals surface area (Å²) in [4.78, 5) is 11.7. The average Bonchev–Trinajstić information content (AvgIpc) is 2.40. The van der Waals surface area contributed by atoms with Gasteiger partial charge in [0.15, 0.2) is 5.78 Å². The minimum Gasteiger partial charge on any atom is -0.515 e. The van der Waals surface area contributed by atoms with E-state index in [4.69, 9.17) is 5.11 Å². The highest BCUT2D eigenvalue weighted by Gasteiger charge is 2.73. The predicted molar refractivity (Wildman–Crippen MR) is 48.2 cm³/mol. The summed E-state index contributed by atoms with van der Waals surface area (Å²) in [5.41, 5.74) is 1.38. The quantitative estimate of drug-likeness (QED) is 0.456. The van der Waals surface area contributed by atoms with Gasteiger partial charge in [-0.3, -0.25) is 4.79 Å². The minimum atomic E-state index is 0.222. The van der Waals surface area contributed by atoms with Crippen LogP contribution in [0.25, 0.3) is 0 Å². The summed E-state index contributed by atoms with van der Waals surface area (Å²) in [6, 6.07) is 0. The summed E-state index contributed by atoms with van der Waals surface area (Å²) in [5, 5.41) is 8.93. The number of carbonyl (C=O) groups excluding carboxylic acids is 1. The van der Waals surface area contributed by atoms with E-state index in [9.17, 15) is 4.79 Å². The fourth-order valence-corrected chi connectivity index (χ4v) is 3.82. The summed E-state index contributed by atoms with van der Waals surface area (Å²) in [5.74, 6) is 0.476. The first kappa shape index (κ1) is 7.60. The second-order valence-electron chi connectivity index (χ2n) is 5.17. The summed E-state index contributed by atoms with van der Waals surface area (Å²) in [7, 11) is 0. The Kier molecular flexibility index (Phi) is 1.07. The third-order valence-electron chi connectivity index (χ3n) is 4.94. The van der Waals surface area contributed by atoms with Crippen molar-refractivity contribution in [3.05, 3.63) is 11.8 Å². The zero-order chi connectivity index (χ0) is 9.27. The molecular weight excluding hydrogens is 164 g/mol. The van der Waals surface area contributed by atoms with Gasteiger partial charge in [0, 0.05) is 11.5 Å². The van der Waals surface area contributed by atoms with Crippen molar-refractivity contribution in [2.45, 2.75) is 32.6 Å². The molecule has 3 saturated carbocycles. The van der Waals surface area contributed by atoms with Crippen molar-refractivity contribution in [1.82, 2.24) is 0 Å². The number of rotatable bonds is 0. The van der Waals surface area contributed by atoms with Crippen LogP contribution in [0.1, 0.15) is 32.6 Å². The molecule has 1 N–H and O–H groups in total. The van der Waals surface area contributed by atoms with Crippen molar-refractivity contribution in [2.75, 3.05) is 0 Å². The summed E-state index contributed by atoms with van der Waals surface area (Å²) >= 11 is 0. The highest BCUT2D eigenvalue weighted by atomic mass is 16.2. The van der Waals surface area contributed by atoms with Gasteiger partial charge >= 0.3 is 0 Å². The summed E-state index contributed by atoms with van der Waals surface area (Å²) < 4.78 is 0. The lowest BCUT2D eigenvalue weighted by Gasteiger charge is -2.68. The Morgan fingerprint density at radius 3 is 2.69 bits per heavy atom. The van der Waals surface area contributed by atoms with Crippen LogP contribution >= 0.6 is 0 Å². The van der Waals surface area contributed by atoms with Crippen LogP contribution in [0.4, 0.5) is 0 Å². The van der Waals surface area contributed by atoms with Gasteiger partial charge < -0.3 is 5.11 Å². The van der Waals surface area contributed by atoms with Crippen molar-refractivity contribution in [2.24, 2.45) is 16.7 Å². The van der Waals surface area contributed by atoms with Crippen molar-refractivity contribution in [3.63, 3.8) is 0 Å². The molecule has 0 aromatic heterocycles. The lowest BCUT2D eigenvalue weighted by atomic mass is 9.35. The molecule has 0 heterocycles. The Morgan fingerprint density at radius 1 is 1.54 bits per heavy atom. The van der Waals surface area contributed by atoms with Crippen LogP contribution in [-0.4, -0.2) is 10.9 Å². The summed E-state index contributed by atoms with van der Waals surface area (Å²) in [6.07, 6.45) is 5.40. The smallest absolute Gasteiger partial charge is 0.165 e. The van der Waals surface area contributed by atoms with Crippen LogP contribution in [0, 0.1) is 16.7 Å². The van der Waals surface area contributed by atoms with Crippen LogP contribution in [0.5, 0.6) is 0 Å². The van der Waals surface area contributed by atoms with E-state index >= 15 is 0 Å². The molecular formula is C11H14O2. The molecule has 1 unspecified atom stereocenters. The van der Waals surface area contributed by atoms with E-state index in [1.165, 1.54) is 12.8 Å². The lowest BCUT2D eigenvalue weighted by Crippen LogP contribution is -2.62. The Bertz CT molecular complexity index is 331. The maximum atomic E-state index is 11.7. The molecule has 3 rings (SSSR count). The molecule has 2 nitrogen and oxygen atoms in total. The molecule has 3 fully saturated rings. The number of hydrogen-bond donors (Lipinski definition) is 1. The van der Waals surface area contributed by atoms with E-state index in [1.54, 1.807) is 0 Å². The fourth-order valence-electron chi connectivity index (χ4n) is 3.82. The van der Waals surface area contributed by atoms with E-state index in [0.29, 0.717) is 11.0 Å². The third-order valence-corrected chi connectivity index (χ3v) is 4.94. The van der Waals surface area contributed by atoms with Crippen LogP contribution in [-0.2, 0) is 4.79 Å². The van der Waals surface area contributed by atoms with Crippen molar-refractivity contribution < 1.29 is 9.90 Å². The monoisotopic (exact) mass is 178 g/mol. The highest BCUT2D eigenvalue weighted by Crippen LogP contribution is 2.78. The van der Waals surface area contributed by atoms with Crippen molar-refractivity contribution in [3.8, 4) is 0 Å². The lowest BCUT2D eigenvalue weighted by molar-refractivity contribution is -0.202. The number of hydrogen-bond acceptors (Lipinski definition) is 2. The van der Waals surface area contributed by atoms with Crippen LogP contribution in [0.3, 0.4) is 0 Å². The van der Waals surface area contributed by atoms with E-state index < -0.39 is 0 Å². The predicted octanol–water partition coefficient (Wildman–Crippen LogP) is 2.21. The zero-order valence-electron chi connectivity index (χ0n) is 7.84. The molecule has 1 spiro atoms. The standard InChI is InChI=1S/C11H14O2/c1-10-2-3-11(10)4-7(6-12)9(13)8(11)5-10/h6,8,12H,2-5H2,1H3/b7-6-/t8-,10+,11?/m1/s1. The highest BCUT2D eigenvalue weighted by molar-refractivity contribution is 6.01. The molecule has 0 amide bonds. The number of Topliss-reactive ketones (excluding diaryl/α,β-unsaturated/α-hetero) is 1. The number of ketones is 1. The third kappa shape index (κ3) is 0.560. The molecule has 13 heavy (non-hydrogen) atoms. The first-order chi connectivity index (χ1) is 6.13. The number of allylic oxidation sites excluding steroid dienone is 1. The van der Waals surface area contributed by atoms with Crippen LogP contribution in [0.2, 0.25) is 0 Å². The molecule has 0 bridgehead atoms. The minimum absolute atomic E-state index is 0.222. The Morgan fingerprint density at radius 2 is 2.31 bits per heavy atom. The first-order valence-electron chi connectivity index (χ1n) is 5.00. The van der Waals surface area contributed by atoms with Gasteiger partial charge in [0.2, 0.25) is 0 Å². The molecule has 0 saturated heterocycles. The Balaban J connectivity index is 2.02. The number of aliphatic hydroxyl groups is 1. The van der Waals surface area contributed by atoms with Gasteiger partial charge in [-0.05, 0) is 36.5 Å². The van der Waals surface area contributed by atoms with Gasteiger partial charge in [0.05, 0.1) is 6.26 Å². The SMILES string of the molecule is C[C@@]12CCC13C/C(=C/O)C(=O)[C@H]3C2. The van der Waals surface area contributed by atoms with Crippen molar-refractivity contribution in [1.29, 1.82) is 0 Å². The molecule has 2 heteroatoms. The number of aliphatic hydroxyl groups excluding tert-OH is 1. The van der Waals surface area contributed by atoms with Crippen LogP contribution < -0.4 is 0 Å². The van der Waals surface area contributed by atoms with E-state index in [-0.39, 0.29) is 17.1 Å². The van der Waals surface area contributed by atoms with Gasteiger partial charge in [-0.15, -0.1) is 0 Å². The molecule has 0 aromatic rings. The topological polar surface area (TPSA) is 37.3 Å². The second kappa shape index (κ2) is 1.84. The van der Waals surface area contributed by atoms with Gasteiger partial charge in [-0.2, -0.15) is 0 Å².